The van der Waals surface area contributed by atoms with Crippen LogP contribution >= 0.6 is 0 Å². The molecule has 0 aliphatic heterocycles. The van der Waals surface area contributed by atoms with Crippen LogP contribution in [0.1, 0.15) is 39.5 Å². The van der Waals surface area contributed by atoms with E-state index >= 15 is 0 Å². The van der Waals surface area contributed by atoms with E-state index in [2.05, 4.69) is 11.8 Å². The topological polar surface area (TPSA) is 41.9 Å². The number of likely N-dealkylation sites (N-methyl/N-ethyl adjacent to an activating group) is 1. The summed E-state index contributed by atoms with van der Waals surface area (Å²) in [5.74, 6) is 0. The molecule has 1 saturated carbocycles. The first-order valence-corrected chi connectivity index (χ1v) is 7.20. The Morgan fingerprint density at radius 2 is 1.94 bits per heavy atom. The minimum absolute atomic E-state index is 0.0474. The Kier molecular flexibility index (Phi) is 7.82. The number of hydrogen-bond donors (Lipinski definition) is 1. The van der Waals surface area contributed by atoms with Gasteiger partial charge in [0.15, 0.2) is 0 Å². The average molecular weight is 259 g/mol. The molecule has 4 nitrogen and oxygen atoms in total. The van der Waals surface area contributed by atoms with E-state index in [9.17, 15) is 5.11 Å². The van der Waals surface area contributed by atoms with Crippen molar-refractivity contribution in [1.29, 1.82) is 0 Å². The Labute approximate surface area is 111 Å². The van der Waals surface area contributed by atoms with E-state index in [-0.39, 0.29) is 6.10 Å². The van der Waals surface area contributed by atoms with E-state index in [0.717, 1.165) is 13.1 Å². The lowest BCUT2D eigenvalue weighted by atomic mass is 10.2. The summed E-state index contributed by atoms with van der Waals surface area (Å²) in [5, 5.41) is 10.0. The van der Waals surface area contributed by atoms with Gasteiger partial charge in [0.1, 0.15) is 0 Å². The van der Waals surface area contributed by atoms with Gasteiger partial charge in [-0.25, -0.2) is 0 Å². The lowest BCUT2D eigenvalue weighted by Crippen LogP contribution is -2.41. The number of rotatable bonds is 9. The zero-order valence-electron chi connectivity index (χ0n) is 12.1. The van der Waals surface area contributed by atoms with E-state index in [0.29, 0.717) is 19.3 Å². The molecular weight excluding hydrogens is 230 g/mol. The van der Waals surface area contributed by atoms with Crippen LogP contribution in [0.3, 0.4) is 0 Å². The van der Waals surface area contributed by atoms with Crippen molar-refractivity contribution < 1.29 is 14.6 Å². The van der Waals surface area contributed by atoms with Gasteiger partial charge in [0.2, 0.25) is 0 Å². The van der Waals surface area contributed by atoms with Gasteiger partial charge >= 0.3 is 0 Å². The molecule has 2 unspecified atom stereocenters. The normalized spacial score (nSPS) is 20.5. The van der Waals surface area contributed by atoms with Crippen molar-refractivity contribution in [2.75, 3.05) is 33.4 Å². The lowest BCUT2D eigenvalue weighted by molar-refractivity contribution is -0.0422. The maximum atomic E-state index is 10.0. The van der Waals surface area contributed by atoms with Gasteiger partial charge in [0.25, 0.3) is 0 Å². The number of hydrogen-bond acceptors (Lipinski definition) is 4. The maximum absolute atomic E-state index is 10.0. The summed E-state index contributed by atoms with van der Waals surface area (Å²) in [5.41, 5.74) is 0. The molecule has 1 N–H and O–H groups in total. The Morgan fingerprint density at radius 1 is 1.28 bits per heavy atom. The van der Waals surface area contributed by atoms with Gasteiger partial charge < -0.3 is 14.6 Å². The molecule has 108 valence electrons. The zero-order valence-corrected chi connectivity index (χ0v) is 12.1. The van der Waals surface area contributed by atoms with Crippen molar-refractivity contribution in [2.24, 2.45) is 0 Å². The first-order chi connectivity index (χ1) is 8.67. The molecule has 1 fully saturated rings. The van der Waals surface area contributed by atoms with Crippen LogP contribution in [0, 0.1) is 0 Å². The van der Waals surface area contributed by atoms with Crippen molar-refractivity contribution in [3.8, 4) is 0 Å². The Balaban J connectivity index is 2.22. The third kappa shape index (κ3) is 5.65. The van der Waals surface area contributed by atoms with Crippen molar-refractivity contribution in [2.45, 2.75) is 57.8 Å². The van der Waals surface area contributed by atoms with Crippen LogP contribution in [0.4, 0.5) is 0 Å². The van der Waals surface area contributed by atoms with E-state index < -0.39 is 6.10 Å². The maximum Gasteiger partial charge on any atom is 0.0900 e. The minimum atomic E-state index is -0.398. The van der Waals surface area contributed by atoms with Crippen LogP contribution in [0.15, 0.2) is 0 Å². The molecule has 1 aliphatic carbocycles. The van der Waals surface area contributed by atoms with Gasteiger partial charge in [-0.1, -0.05) is 19.8 Å². The van der Waals surface area contributed by atoms with Crippen LogP contribution in [-0.2, 0) is 9.47 Å². The van der Waals surface area contributed by atoms with Gasteiger partial charge in [-0.2, -0.15) is 0 Å². The highest BCUT2D eigenvalue weighted by Crippen LogP contribution is 2.23. The van der Waals surface area contributed by atoms with Gasteiger partial charge in [0, 0.05) is 19.7 Å². The lowest BCUT2D eigenvalue weighted by Gasteiger charge is -2.29. The fraction of sp³-hybridized carbons (Fsp3) is 1.00. The molecule has 0 amide bonds. The van der Waals surface area contributed by atoms with Crippen molar-refractivity contribution in [3.05, 3.63) is 0 Å². The fourth-order valence-electron chi connectivity index (χ4n) is 2.69. The van der Waals surface area contributed by atoms with Crippen LogP contribution < -0.4 is 0 Å². The third-order valence-electron chi connectivity index (χ3n) is 3.67. The Hall–Kier alpha value is -0.160. The number of nitrogens with zero attached hydrogens (tertiary/aromatic N) is 1. The highest BCUT2D eigenvalue weighted by Gasteiger charge is 2.23. The first-order valence-electron chi connectivity index (χ1n) is 7.20. The molecule has 1 rings (SSSR count). The third-order valence-corrected chi connectivity index (χ3v) is 3.67. The average Bonchev–Trinajstić information content (AvgIpc) is 2.87. The largest absolute Gasteiger partial charge is 0.389 e. The predicted molar refractivity (Wildman–Crippen MR) is 72.8 cm³/mol. The standard InChI is InChI=1S/C14H29NO3/c1-4-15(13-7-5-6-8-13)9-14(16)11-18-12(2)10-17-3/h12-14,16H,4-11H2,1-3H3. The Morgan fingerprint density at radius 3 is 2.50 bits per heavy atom. The molecule has 4 heteroatoms. The first kappa shape index (κ1) is 15.9. The molecule has 0 radical (unpaired) electrons. The van der Waals surface area contributed by atoms with E-state index in [1.165, 1.54) is 25.7 Å². The van der Waals surface area contributed by atoms with E-state index in [1.54, 1.807) is 7.11 Å². The van der Waals surface area contributed by atoms with Crippen LogP contribution in [-0.4, -0.2) is 61.7 Å². The summed E-state index contributed by atoms with van der Waals surface area (Å²) < 4.78 is 10.6. The van der Waals surface area contributed by atoms with Gasteiger partial charge in [-0.15, -0.1) is 0 Å². The highest BCUT2D eigenvalue weighted by molar-refractivity contribution is 4.78. The number of methoxy groups -OCH3 is 1. The summed E-state index contributed by atoms with van der Waals surface area (Å²) in [4.78, 5) is 2.39. The Bertz CT molecular complexity index is 207. The van der Waals surface area contributed by atoms with E-state index in [1.807, 2.05) is 6.92 Å². The van der Waals surface area contributed by atoms with Crippen molar-refractivity contribution >= 4 is 0 Å². The molecule has 1 aliphatic rings. The molecule has 0 aromatic carbocycles. The zero-order chi connectivity index (χ0) is 13.4. The van der Waals surface area contributed by atoms with Crippen LogP contribution in [0.25, 0.3) is 0 Å². The van der Waals surface area contributed by atoms with Crippen LogP contribution in [0.2, 0.25) is 0 Å². The second-order valence-electron chi connectivity index (χ2n) is 5.28. The molecule has 18 heavy (non-hydrogen) atoms. The van der Waals surface area contributed by atoms with Gasteiger partial charge in [0.05, 0.1) is 25.4 Å². The summed E-state index contributed by atoms with van der Waals surface area (Å²) >= 11 is 0. The van der Waals surface area contributed by atoms with E-state index in [4.69, 9.17) is 9.47 Å². The predicted octanol–water partition coefficient (Wildman–Crippen LogP) is 1.66. The quantitative estimate of drug-likeness (QED) is 0.684. The number of aliphatic hydroxyl groups is 1. The molecule has 0 heterocycles. The smallest absolute Gasteiger partial charge is 0.0900 e. The molecule has 0 spiro atoms. The summed E-state index contributed by atoms with van der Waals surface area (Å²) in [6.07, 6.45) is 4.87. The van der Waals surface area contributed by atoms with Gasteiger partial charge in [-0.05, 0) is 26.3 Å². The molecule has 2 atom stereocenters. The highest BCUT2D eigenvalue weighted by atomic mass is 16.5. The molecule has 0 saturated heterocycles. The second-order valence-corrected chi connectivity index (χ2v) is 5.28. The number of aliphatic hydroxyl groups excluding tert-OH is 1. The molecular formula is C14H29NO3. The summed E-state index contributed by atoms with van der Waals surface area (Å²) in [7, 11) is 1.66. The second kappa shape index (κ2) is 8.86. The molecule has 0 aromatic heterocycles. The monoisotopic (exact) mass is 259 g/mol. The van der Waals surface area contributed by atoms with Crippen LogP contribution in [0.5, 0.6) is 0 Å². The SMILES string of the molecule is CCN(CC(O)COC(C)COC)C1CCCC1. The summed E-state index contributed by atoms with van der Waals surface area (Å²) in [6, 6.07) is 0.668. The molecule has 0 bridgehead atoms. The minimum Gasteiger partial charge on any atom is -0.389 e. The van der Waals surface area contributed by atoms with Crippen molar-refractivity contribution in [1.82, 2.24) is 4.90 Å². The fourth-order valence-corrected chi connectivity index (χ4v) is 2.69. The van der Waals surface area contributed by atoms with Crippen molar-refractivity contribution in [3.63, 3.8) is 0 Å². The summed E-state index contributed by atoms with van der Waals surface area (Å²) in [6.45, 7) is 6.83. The van der Waals surface area contributed by atoms with Gasteiger partial charge in [-0.3, -0.25) is 4.90 Å². The number of ether oxygens (including phenoxy) is 2. The molecule has 0 aromatic rings.